The normalized spacial score (nSPS) is 13.9. The summed E-state index contributed by atoms with van der Waals surface area (Å²) >= 11 is 0. The van der Waals surface area contributed by atoms with E-state index in [0.29, 0.717) is 11.1 Å². The molecule has 0 amide bonds. The molecule has 0 aliphatic rings. The SMILES string of the molecule is CC[C@](O)(c1cn(Cc2ccc3c(-c4ccc(F)cc4)cc(N)nc3c2)nn1)C(F)(F)F. The van der Waals surface area contributed by atoms with Gasteiger partial charge >= 0.3 is 6.18 Å². The fourth-order valence-electron chi connectivity index (χ4n) is 3.54. The lowest BCUT2D eigenvalue weighted by Crippen LogP contribution is -2.42. The van der Waals surface area contributed by atoms with Gasteiger partial charge in [-0.1, -0.05) is 36.4 Å². The summed E-state index contributed by atoms with van der Waals surface area (Å²) in [7, 11) is 0. The van der Waals surface area contributed by atoms with E-state index in [1.807, 2.05) is 6.07 Å². The quantitative estimate of drug-likeness (QED) is 0.444. The van der Waals surface area contributed by atoms with Gasteiger partial charge in [0, 0.05) is 5.39 Å². The number of rotatable bonds is 5. The first-order valence-electron chi connectivity index (χ1n) is 9.75. The number of benzene rings is 2. The Bertz CT molecular complexity index is 1270. The number of hydrogen-bond donors (Lipinski definition) is 2. The Morgan fingerprint density at radius 1 is 1.06 bits per heavy atom. The van der Waals surface area contributed by atoms with Crippen LogP contribution in [0.1, 0.15) is 24.6 Å². The van der Waals surface area contributed by atoms with Crippen molar-refractivity contribution < 1.29 is 22.7 Å². The third-order valence-electron chi connectivity index (χ3n) is 5.34. The van der Waals surface area contributed by atoms with Crippen molar-refractivity contribution in [1.29, 1.82) is 0 Å². The lowest BCUT2D eigenvalue weighted by Gasteiger charge is -2.26. The van der Waals surface area contributed by atoms with Crippen LogP contribution in [0.2, 0.25) is 0 Å². The molecule has 4 rings (SSSR count). The molecule has 4 aromatic rings. The second-order valence-corrected chi connectivity index (χ2v) is 7.47. The van der Waals surface area contributed by atoms with E-state index in [-0.39, 0.29) is 18.2 Å². The maximum Gasteiger partial charge on any atom is 0.423 e. The van der Waals surface area contributed by atoms with E-state index in [2.05, 4.69) is 15.3 Å². The minimum absolute atomic E-state index is 0.114. The van der Waals surface area contributed by atoms with E-state index in [4.69, 9.17) is 5.73 Å². The summed E-state index contributed by atoms with van der Waals surface area (Å²) in [6.07, 6.45) is -4.37. The number of nitrogens with zero attached hydrogens (tertiary/aromatic N) is 4. The average Bonchev–Trinajstić information content (AvgIpc) is 3.21. The number of nitrogens with two attached hydrogens (primary N) is 1. The smallest absolute Gasteiger partial charge is 0.384 e. The maximum atomic E-state index is 13.3. The first-order chi connectivity index (χ1) is 15.1. The average molecular weight is 445 g/mol. The molecule has 0 saturated carbocycles. The summed E-state index contributed by atoms with van der Waals surface area (Å²) in [5.74, 6) is -0.0785. The number of alkyl halides is 3. The molecule has 2 heterocycles. The number of fused-ring (bicyclic) bond motifs is 1. The molecule has 0 aliphatic heterocycles. The molecule has 0 radical (unpaired) electrons. The molecule has 2 aromatic heterocycles. The Morgan fingerprint density at radius 3 is 2.44 bits per heavy atom. The van der Waals surface area contributed by atoms with E-state index in [1.165, 1.54) is 23.7 Å². The highest BCUT2D eigenvalue weighted by Crippen LogP contribution is 2.40. The predicted molar refractivity (Wildman–Crippen MR) is 111 cm³/mol. The van der Waals surface area contributed by atoms with Crippen LogP contribution in [0.5, 0.6) is 0 Å². The lowest BCUT2D eigenvalue weighted by molar-refractivity contribution is -0.269. The first-order valence-corrected chi connectivity index (χ1v) is 9.75. The summed E-state index contributed by atoms with van der Waals surface area (Å²) in [6, 6.07) is 13.0. The highest BCUT2D eigenvalue weighted by atomic mass is 19.4. The van der Waals surface area contributed by atoms with E-state index in [9.17, 15) is 22.7 Å². The minimum atomic E-state index is -4.87. The van der Waals surface area contributed by atoms with Gasteiger partial charge in [0.25, 0.3) is 0 Å². The molecule has 3 N–H and O–H groups in total. The van der Waals surface area contributed by atoms with Crippen molar-refractivity contribution in [3.63, 3.8) is 0 Å². The third-order valence-corrected chi connectivity index (χ3v) is 5.34. The van der Waals surface area contributed by atoms with Crippen molar-refractivity contribution in [1.82, 2.24) is 20.0 Å². The van der Waals surface area contributed by atoms with E-state index >= 15 is 0 Å². The lowest BCUT2D eigenvalue weighted by atomic mass is 9.96. The van der Waals surface area contributed by atoms with E-state index in [1.54, 1.807) is 30.3 Å². The van der Waals surface area contributed by atoms with Gasteiger partial charge in [-0.25, -0.2) is 14.1 Å². The summed E-state index contributed by atoms with van der Waals surface area (Å²) < 4.78 is 54.3. The largest absolute Gasteiger partial charge is 0.423 e. The van der Waals surface area contributed by atoms with Crippen LogP contribution < -0.4 is 5.73 Å². The molecule has 0 saturated heterocycles. The van der Waals surface area contributed by atoms with Crippen molar-refractivity contribution in [2.24, 2.45) is 0 Å². The number of nitrogen functional groups attached to an aromatic ring is 1. The molecule has 0 bridgehead atoms. The van der Waals surface area contributed by atoms with Gasteiger partial charge in [-0.15, -0.1) is 5.10 Å². The number of hydrogen-bond acceptors (Lipinski definition) is 5. The van der Waals surface area contributed by atoms with Crippen molar-refractivity contribution >= 4 is 16.7 Å². The Morgan fingerprint density at radius 2 is 1.78 bits per heavy atom. The second kappa shape index (κ2) is 7.86. The zero-order chi connectivity index (χ0) is 23.1. The summed E-state index contributed by atoms with van der Waals surface area (Å²) in [5, 5.41) is 18.1. The molecule has 166 valence electrons. The number of aliphatic hydroxyl groups is 1. The fourth-order valence-corrected chi connectivity index (χ4v) is 3.54. The Labute approximate surface area is 180 Å². The predicted octanol–water partition coefficient (Wildman–Crippen LogP) is 4.42. The number of halogens is 4. The monoisotopic (exact) mass is 445 g/mol. The first kappa shape index (κ1) is 21.7. The molecule has 0 fully saturated rings. The van der Waals surface area contributed by atoms with Gasteiger partial charge in [0.15, 0.2) is 0 Å². The van der Waals surface area contributed by atoms with Crippen LogP contribution in [-0.4, -0.2) is 31.3 Å². The zero-order valence-corrected chi connectivity index (χ0v) is 16.9. The van der Waals surface area contributed by atoms with Gasteiger partial charge in [0.2, 0.25) is 5.60 Å². The van der Waals surface area contributed by atoms with Gasteiger partial charge in [0.05, 0.1) is 18.3 Å². The van der Waals surface area contributed by atoms with Crippen LogP contribution in [0, 0.1) is 5.82 Å². The van der Waals surface area contributed by atoms with Gasteiger partial charge in [0.1, 0.15) is 17.3 Å². The molecule has 6 nitrogen and oxygen atoms in total. The van der Waals surface area contributed by atoms with Crippen molar-refractivity contribution in [2.45, 2.75) is 31.7 Å². The second-order valence-electron chi connectivity index (χ2n) is 7.47. The van der Waals surface area contributed by atoms with Crippen LogP contribution in [0.3, 0.4) is 0 Å². The van der Waals surface area contributed by atoms with Gasteiger partial charge in [-0.2, -0.15) is 13.2 Å². The molecule has 0 unspecified atom stereocenters. The number of pyridine rings is 1. The number of aromatic nitrogens is 4. The third kappa shape index (κ3) is 3.89. The highest BCUT2D eigenvalue weighted by molar-refractivity contribution is 5.96. The zero-order valence-electron chi connectivity index (χ0n) is 16.9. The van der Waals surface area contributed by atoms with Crippen LogP contribution in [0.15, 0.2) is 54.7 Å². The summed E-state index contributed by atoms with van der Waals surface area (Å²) in [5.41, 5.74) is 5.15. The molecule has 0 spiro atoms. The van der Waals surface area contributed by atoms with E-state index in [0.717, 1.165) is 22.7 Å². The maximum absolute atomic E-state index is 13.3. The summed E-state index contributed by atoms with van der Waals surface area (Å²) in [6.45, 7) is 1.34. The fraction of sp³-hybridized carbons (Fsp3) is 0.227. The molecule has 10 heteroatoms. The molecule has 2 aromatic carbocycles. The van der Waals surface area contributed by atoms with E-state index < -0.39 is 23.9 Å². The Balaban J connectivity index is 1.67. The Hall–Kier alpha value is -3.53. The van der Waals surface area contributed by atoms with Crippen LogP contribution >= 0.6 is 0 Å². The van der Waals surface area contributed by atoms with Crippen LogP contribution in [-0.2, 0) is 12.1 Å². The van der Waals surface area contributed by atoms with Crippen LogP contribution in [0.4, 0.5) is 23.4 Å². The van der Waals surface area contributed by atoms with Gasteiger partial charge < -0.3 is 10.8 Å². The molecule has 0 aliphatic carbocycles. The van der Waals surface area contributed by atoms with Crippen molar-refractivity contribution in [3.05, 3.63) is 71.8 Å². The van der Waals surface area contributed by atoms with Crippen LogP contribution in [0.25, 0.3) is 22.0 Å². The van der Waals surface area contributed by atoms with Gasteiger partial charge in [-0.05, 0) is 47.4 Å². The van der Waals surface area contributed by atoms with Gasteiger partial charge in [-0.3, -0.25) is 0 Å². The number of anilines is 1. The minimum Gasteiger partial charge on any atom is -0.384 e. The Kier molecular flexibility index (Phi) is 5.33. The molecular formula is C22H19F4N5O. The molecule has 32 heavy (non-hydrogen) atoms. The van der Waals surface area contributed by atoms with Crippen molar-refractivity contribution in [3.8, 4) is 11.1 Å². The van der Waals surface area contributed by atoms with Crippen molar-refractivity contribution in [2.75, 3.05) is 5.73 Å². The standard InChI is InChI=1S/C22H19F4N5O/c1-2-21(32,22(24,25)26)19-12-31(30-29-19)11-13-3-8-16-17(10-20(27)28-18(16)9-13)14-4-6-15(23)7-5-14/h3-10,12,32H,2,11H2,1H3,(H2,27,28)/t21-/m0/s1. The highest BCUT2D eigenvalue weighted by Gasteiger charge is 2.55. The topological polar surface area (TPSA) is 89.8 Å². The molecular weight excluding hydrogens is 426 g/mol. The molecule has 1 atom stereocenters. The summed E-state index contributed by atoms with van der Waals surface area (Å²) in [4.78, 5) is 4.34.